The maximum Gasteiger partial charge on any atom is 0.380 e. The molecule has 1 rings (SSSR count). The summed E-state index contributed by atoms with van der Waals surface area (Å²) in [5.74, 6) is 1.35. The molecule has 0 radical (unpaired) electrons. The second kappa shape index (κ2) is 15.9. The van der Waals surface area contributed by atoms with Gasteiger partial charge in [0, 0.05) is 17.4 Å². The number of hydrogen-bond donors (Lipinski definition) is 0. The number of benzene rings is 1. The molecule has 176 valence electrons. The molecule has 31 heavy (non-hydrogen) atoms. The van der Waals surface area contributed by atoms with Gasteiger partial charge in [-0.05, 0) is 68.8 Å². The summed E-state index contributed by atoms with van der Waals surface area (Å²) < 4.78 is 29.2. The Balaban J connectivity index is 3.08. The van der Waals surface area contributed by atoms with Crippen molar-refractivity contribution in [3.05, 3.63) is 29.8 Å². The largest absolute Gasteiger partial charge is 0.423 e. The molecule has 13 heteroatoms. The van der Waals surface area contributed by atoms with Gasteiger partial charge in [0.1, 0.15) is 5.75 Å². The highest BCUT2D eigenvalue weighted by Crippen LogP contribution is 2.62. The van der Waals surface area contributed by atoms with Crippen LogP contribution in [0.4, 0.5) is 0 Å². The summed E-state index contributed by atoms with van der Waals surface area (Å²) in [5, 5.41) is 8.59. The number of rotatable bonds is 14. The molecule has 0 fully saturated rings. The Morgan fingerprint density at radius 2 is 1.52 bits per heavy atom. The molecule has 0 aliphatic rings. The van der Waals surface area contributed by atoms with Gasteiger partial charge in [-0.15, -0.1) is 5.10 Å². The molecule has 0 bridgehead atoms. The van der Waals surface area contributed by atoms with E-state index < -0.39 is 12.4 Å². The fraction of sp³-hybridized carbons (Fsp3) is 0.556. The zero-order valence-corrected chi connectivity index (χ0v) is 23.4. The fourth-order valence-electron chi connectivity index (χ4n) is 2.03. The van der Waals surface area contributed by atoms with Gasteiger partial charge in [0.2, 0.25) is 0 Å². The van der Waals surface area contributed by atoms with E-state index in [9.17, 15) is 0 Å². The Morgan fingerprint density at radius 1 is 0.935 bits per heavy atom. The van der Waals surface area contributed by atoms with Crippen molar-refractivity contribution < 1.29 is 22.6 Å². The van der Waals surface area contributed by atoms with Gasteiger partial charge in [-0.3, -0.25) is 9.05 Å². The molecule has 0 aliphatic heterocycles. The normalized spacial score (nSPS) is 13.1. The molecule has 1 aromatic rings. The molecule has 1 aromatic carbocycles. The van der Waals surface area contributed by atoms with Crippen LogP contribution < -0.4 is 4.52 Å². The third kappa shape index (κ3) is 11.3. The van der Waals surface area contributed by atoms with Gasteiger partial charge < -0.3 is 13.6 Å². The Labute approximate surface area is 204 Å². The Hall–Kier alpha value is 0.200. The van der Waals surface area contributed by atoms with Crippen molar-refractivity contribution in [1.29, 1.82) is 0 Å². The van der Waals surface area contributed by atoms with Crippen molar-refractivity contribution in [2.75, 3.05) is 32.2 Å². The smallest absolute Gasteiger partial charge is 0.380 e. The minimum atomic E-state index is -2.89. The lowest BCUT2D eigenvalue weighted by Gasteiger charge is -2.21. The fourth-order valence-corrected chi connectivity index (χ4v) is 10.8. The van der Waals surface area contributed by atoms with Crippen LogP contribution in [0.3, 0.4) is 0 Å². The number of thioether (sulfide) groups is 1. The summed E-state index contributed by atoms with van der Waals surface area (Å²) in [6.45, 7) is 8.40. The molecule has 0 aliphatic carbocycles. The van der Waals surface area contributed by atoms with E-state index in [1.165, 1.54) is 23.1 Å². The van der Waals surface area contributed by atoms with E-state index in [4.69, 9.17) is 46.2 Å². The molecule has 0 heterocycles. The van der Waals surface area contributed by atoms with Gasteiger partial charge in [-0.1, -0.05) is 30.8 Å². The van der Waals surface area contributed by atoms with E-state index >= 15 is 0 Å². The summed E-state index contributed by atoms with van der Waals surface area (Å²) >= 11 is 13.9. The van der Waals surface area contributed by atoms with Crippen molar-refractivity contribution in [2.45, 2.75) is 34.6 Å². The lowest BCUT2D eigenvalue weighted by Crippen LogP contribution is -2.03. The van der Waals surface area contributed by atoms with E-state index in [2.05, 4.69) is 10.2 Å². The predicted octanol–water partition coefficient (Wildman–Crippen LogP) is 6.84. The van der Waals surface area contributed by atoms with Crippen LogP contribution >= 0.6 is 35.6 Å². The van der Waals surface area contributed by atoms with Crippen LogP contribution in [0.15, 0.2) is 34.5 Å². The summed E-state index contributed by atoms with van der Waals surface area (Å²) in [7, 11) is 0. The van der Waals surface area contributed by atoms with E-state index in [0.29, 0.717) is 42.1 Å². The molecule has 0 N–H and O–H groups in total. The second-order valence-electron chi connectivity index (χ2n) is 5.33. The molecule has 0 aromatic heterocycles. The Morgan fingerprint density at radius 3 is 2.06 bits per heavy atom. The van der Waals surface area contributed by atoms with Crippen molar-refractivity contribution >= 4 is 69.8 Å². The highest BCUT2D eigenvalue weighted by Gasteiger charge is 2.23. The van der Waals surface area contributed by atoms with Crippen LogP contribution in [-0.2, 0) is 41.7 Å². The Bertz CT molecular complexity index is 806. The molecule has 0 atom stereocenters. The predicted molar refractivity (Wildman–Crippen MR) is 143 cm³/mol. The Kier molecular flexibility index (Phi) is 15.0. The standard InChI is InChI=1S/C18H30N2O5P2S4/c1-6-21-26(28,22-7-2)25-17-14-12-11-13-16(17)15-19-20-18(30-10-5)31-27(29,23-8-3)24-9-4/h11-15H,6-10H2,1-5H3/b19-15+,20-18+. The minimum Gasteiger partial charge on any atom is -0.423 e. The van der Waals surface area contributed by atoms with Gasteiger partial charge in [0.25, 0.3) is 5.69 Å². The van der Waals surface area contributed by atoms with Crippen LogP contribution in [0.25, 0.3) is 0 Å². The number of hydrogen-bond acceptors (Lipinski definition) is 11. The number of para-hydroxylation sites is 1. The first-order chi connectivity index (χ1) is 14.8. The molecule has 0 saturated heterocycles. The van der Waals surface area contributed by atoms with Crippen LogP contribution in [-0.4, -0.2) is 42.8 Å². The monoisotopic (exact) mass is 544 g/mol. The van der Waals surface area contributed by atoms with E-state index in [1.54, 1.807) is 12.3 Å². The third-order valence-electron chi connectivity index (χ3n) is 3.07. The average molecular weight is 545 g/mol. The van der Waals surface area contributed by atoms with Crippen LogP contribution in [0.1, 0.15) is 40.2 Å². The van der Waals surface area contributed by atoms with Crippen molar-refractivity contribution in [2.24, 2.45) is 10.2 Å². The molecule has 0 spiro atoms. The van der Waals surface area contributed by atoms with Crippen LogP contribution in [0.2, 0.25) is 0 Å². The van der Waals surface area contributed by atoms with Gasteiger partial charge in [-0.2, -0.15) is 5.10 Å². The molecule has 7 nitrogen and oxygen atoms in total. The third-order valence-corrected chi connectivity index (χ3v) is 11.8. The molecular formula is C18H30N2O5P2S4. The van der Waals surface area contributed by atoms with Gasteiger partial charge in [-0.25, -0.2) is 0 Å². The SMILES string of the molecule is CCOP(=S)(OCC)Oc1ccccc1/C=N/N=C(\SCC)SP(=S)(OCC)OCC. The van der Waals surface area contributed by atoms with Crippen LogP contribution in [0.5, 0.6) is 5.75 Å². The van der Waals surface area contributed by atoms with E-state index in [0.717, 1.165) is 5.75 Å². The van der Waals surface area contributed by atoms with E-state index in [-0.39, 0.29) is 0 Å². The molecule has 0 saturated carbocycles. The zero-order valence-electron chi connectivity index (χ0n) is 18.4. The van der Waals surface area contributed by atoms with Crippen molar-refractivity contribution in [3.63, 3.8) is 0 Å². The lowest BCUT2D eigenvalue weighted by molar-refractivity contribution is 0.218. The highest BCUT2D eigenvalue weighted by atomic mass is 32.9. The summed E-state index contributed by atoms with van der Waals surface area (Å²) in [5.41, 5.74) is -1.80. The van der Waals surface area contributed by atoms with Crippen LogP contribution in [0, 0.1) is 0 Å². The summed E-state index contributed by atoms with van der Waals surface area (Å²) in [6.07, 6.45) is 1.61. The quantitative estimate of drug-likeness (QED) is 0.108. The topological polar surface area (TPSA) is 70.9 Å². The van der Waals surface area contributed by atoms with Crippen molar-refractivity contribution in [3.8, 4) is 5.75 Å². The first kappa shape index (κ1) is 29.2. The molecule has 0 unspecified atom stereocenters. The lowest BCUT2D eigenvalue weighted by atomic mass is 10.2. The summed E-state index contributed by atoms with van der Waals surface area (Å²) in [4.78, 5) is 0. The maximum absolute atomic E-state index is 5.94. The molecular weight excluding hydrogens is 514 g/mol. The first-order valence-electron chi connectivity index (χ1n) is 9.85. The van der Waals surface area contributed by atoms with Crippen molar-refractivity contribution in [1.82, 2.24) is 0 Å². The highest BCUT2D eigenvalue weighted by molar-refractivity contribution is 8.78. The van der Waals surface area contributed by atoms with Gasteiger partial charge >= 0.3 is 6.72 Å². The van der Waals surface area contributed by atoms with Gasteiger partial charge in [0.15, 0.2) is 4.38 Å². The number of nitrogens with zero attached hydrogens (tertiary/aromatic N) is 2. The van der Waals surface area contributed by atoms with Gasteiger partial charge in [0.05, 0.1) is 32.6 Å². The maximum atomic E-state index is 5.94. The average Bonchev–Trinajstić information content (AvgIpc) is 2.70. The van der Waals surface area contributed by atoms with E-state index in [1.807, 2.05) is 52.8 Å². The first-order valence-corrected chi connectivity index (χ1v) is 17.5. The second-order valence-corrected chi connectivity index (χ2v) is 15.9. The minimum absolute atomic E-state index is 0.401. The summed E-state index contributed by atoms with van der Waals surface area (Å²) in [6, 6.07) is 7.38. The molecule has 0 amide bonds. The zero-order chi connectivity index (χ0) is 23.2.